The molecule has 6 heteroatoms. The number of hydrogen-bond acceptors (Lipinski definition) is 4. The van der Waals surface area contributed by atoms with Crippen LogP contribution in [0.5, 0.6) is 0 Å². The van der Waals surface area contributed by atoms with Gasteiger partial charge in [0.05, 0.1) is 17.2 Å². The molecule has 0 aliphatic heterocycles. The molecule has 0 amide bonds. The SMILES string of the molecule is Cl.N=C(N)Sc1cnc2ccccc2n1. The Morgan fingerprint density at radius 2 is 1.93 bits per heavy atom. The van der Waals surface area contributed by atoms with Gasteiger partial charge in [0, 0.05) is 0 Å². The molecule has 4 nitrogen and oxygen atoms in total. The van der Waals surface area contributed by atoms with Crippen molar-refractivity contribution in [2.45, 2.75) is 5.03 Å². The zero-order chi connectivity index (χ0) is 9.97. The Bertz CT molecular complexity index is 488. The molecule has 1 aromatic heterocycles. The summed E-state index contributed by atoms with van der Waals surface area (Å²) < 4.78 is 0. The maximum Gasteiger partial charge on any atom is 0.157 e. The Morgan fingerprint density at radius 1 is 1.27 bits per heavy atom. The van der Waals surface area contributed by atoms with Gasteiger partial charge in [0.15, 0.2) is 5.17 Å². The van der Waals surface area contributed by atoms with E-state index in [1.807, 2.05) is 24.3 Å². The van der Waals surface area contributed by atoms with E-state index in [0.717, 1.165) is 22.8 Å². The Morgan fingerprint density at radius 3 is 2.60 bits per heavy atom. The smallest absolute Gasteiger partial charge is 0.157 e. The van der Waals surface area contributed by atoms with E-state index in [2.05, 4.69) is 9.97 Å². The highest BCUT2D eigenvalue weighted by molar-refractivity contribution is 8.13. The standard InChI is InChI=1S/C9H8N4S.ClH/c10-9(11)14-8-5-12-6-3-1-2-4-7(6)13-8;/h1-5H,(H3,10,11);1H. The van der Waals surface area contributed by atoms with Gasteiger partial charge in [-0.3, -0.25) is 10.4 Å². The lowest BCUT2D eigenvalue weighted by molar-refractivity contribution is 1.13. The van der Waals surface area contributed by atoms with Crippen molar-refractivity contribution in [1.82, 2.24) is 9.97 Å². The summed E-state index contributed by atoms with van der Waals surface area (Å²) in [7, 11) is 0. The number of hydrogen-bond donors (Lipinski definition) is 2. The number of thioether (sulfide) groups is 1. The highest BCUT2D eigenvalue weighted by atomic mass is 35.5. The van der Waals surface area contributed by atoms with Crippen LogP contribution in [0, 0.1) is 5.41 Å². The van der Waals surface area contributed by atoms with Crippen molar-refractivity contribution >= 4 is 40.4 Å². The zero-order valence-electron chi connectivity index (χ0n) is 7.68. The van der Waals surface area contributed by atoms with Crippen LogP contribution in [-0.4, -0.2) is 15.1 Å². The molecule has 2 rings (SSSR count). The summed E-state index contributed by atoms with van der Waals surface area (Å²) in [6, 6.07) is 7.59. The summed E-state index contributed by atoms with van der Waals surface area (Å²) in [5.74, 6) is 0. The normalized spacial score (nSPS) is 9.60. The monoisotopic (exact) mass is 240 g/mol. The van der Waals surface area contributed by atoms with Crippen molar-refractivity contribution in [1.29, 1.82) is 5.41 Å². The largest absolute Gasteiger partial charge is 0.378 e. The fourth-order valence-electron chi connectivity index (χ4n) is 1.10. The molecule has 0 radical (unpaired) electrons. The fourth-order valence-corrected chi connectivity index (χ4v) is 1.58. The number of nitrogens with one attached hydrogen (secondary N) is 1. The molecule has 0 atom stereocenters. The topological polar surface area (TPSA) is 75.7 Å². The van der Waals surface area contributed by atoms with E-state index in [9.17, 15) is 0 Å². The Hall–Kier alpha value is -1.33. The summed E-state index contributed by atoms with van der Waals surface area (Å²) in [4.78, 5) is 8.49. The highest BCUT2D eigenvalue weighted by Gasteiger charge is 2.00. The molecule has 0 aliphatic rings. The van der Waals surface area contributed by atoms with Crippen LogP contribution >= 0.6 is 24.2 Å². The number of benzene rings is 1. The van der Waals surface area contributed by atoms with Crippen LogP contribution in [0.1, 0.15) is 0 Å². The predicted molar refractivity (Wildman–Crippen MR) is 64.6 cm³/mol. The minimum absolute atomic E-state index is 0. The Kier molecular flexibility index (Phi) is 3.88. The van der Waals surface area contributed by atoms with E-state index in [1.54, 1.807) is 6.20 Å². The molecule has 0 bridgehead atoms. The number of nitrogens with two attached hydrogens (primary N) is 1. The average Bonchev–Trinajstić information content (AvgIpc) is 2.17. The van der Waals surface area contributed by atoms with Gasteiger partial charge in [-0.15, -0.1) is 12.4 Å². The molecule has 0 spiro atoms. The van der Waals surface area contributed by atoms with Gasteiger partial charge >= 0.3 is 0 Å². The number of amidine groups is 1. The molecule has 0 unspecified atom stereocenters. The lowest BCUT2D eigenvalue weighted by Crippen LogP contribution is -2.03. The Balaban J connectivity index is 0.00000112. The van der Waals surface area contributed by atoms with Crippen molar-refractivity contribution in [3.8, 4) is 0 Å². The minimum atomic E-state index is 0. The maximum atomic E-state index is 7.11. The van der Waals surface area contributed by atoms with Gasteiger partial charge in [0.1, 0.15) is 5.03 Å². The van der Waals surface area contributed by atoms with E-state index < -0.39 is 0 Å². The van der Waals surface area contributed by atoms with Crippen LogP contribution in [0.3, 0.4) is 0 Å². The van der Waals surface area contributed by atoms with Gasteiger partial charge < -0.3 is 5.73 Å². The number of nitrogens with zero attached hydrogens (tertiary/aromatic N) is 2. The lowest BCUT2D eigenvalue weighted by atomic mass is 10.3. The molecule has 0 fully saturated rings. The van der Waals surface area contributed by atoms with Crippen molar-refractivity contribution in [3.63, 3.8) is 0 Å². The van der Waals surface area contributed by atoms with Gasteiger partial charge in [-0.1, -0.05) is 12.1 Å². The van der Waals surface area contributed by atoms with Crippen molar-refractivity contribution in [2.75, 3.05) is 0 Å². The summed E-state index contributed by atoms with van der Waals surface area (Å²) in [5.41, 5.74) is 6.91. The first kappa shape index (κ1) is 11.7. The van der Waals surface area contributed by atoms with Crippen LogP contribution in [0.2, 0.25) is 0 Å². The van der Waals surface area contributed by atoms with E-state index >= 15 is 0 Å². The number of halogens is 1. The molecule has 2 aromatic rings. The van der Waals surface area contributed by atoms with E-state index in [-0.39, 0.29) is 17.6 Å². The second kappa shape index (κ2) is 4.95. The highest BCUT2D eigenvalue weighted by Crippen LogP contribution is 2.16. The molecular formula is C9H9ClN4S. The summed E-state index contributed by atoms with van der Waals surface area (Å²) in [6.45, 7) is 0. The lowest BCUT2D eigenvalue weighted by Gasteiger charge is -1.99. The van der Waals surface area contributed by atoms with Crippen molar-refractivity contribution < 1.29 is 0 Å². The van der Waals surface area contributed by atoms with Crippen LogP contribution < -0.4 is 5.73 Å². The van der Waals surface area contributed by atoms with Crippen LogP contribution in [0.15, 0.2) is 35.5 Å². The first-order chi connectivity index (χ1) is 6.75. The van der Waals surface area contributed by atoms with Crippen molar-refractivity contribution in [3.05, 3.63) is 30.5 Å². The van der Waals surface area contributed by atoms with E-state index in [0.29, 0.717) is 5.03 Å². The molecule has 0 saturated carbocycles. The molecule has 1 heterocycles. The molecule has 78 valence electrons. The third-order valence-corrected chi connectivity index (χ3v) is 2.27. The summed E-state index contributed by atoms with van der Waals surface area (Å²) in [5, 5.41) is 7.78. The number of rotatable bonds is 1. The minimum Gasteiger partial charge on any atom is -0.378 e. The van der Waals surface area contributed by atoms with Gasteiger partial charge in [-0.2, -0.15) is 0 Å². The van der Waals surface area contributed by atoms with E-state index in [1.165, 1.54) is 0 Å². The zero-order valence-corrected chi connectivity index (χ0v) is 9.31. The molecule has 1 aromatic carbocycles. The first-order valence-corrected chi connectivity index (χ1v) is 4.81. The van der Waals surface area contributed by atoms with Gasteiger partial charge in [-0.05, 0) is 23.9 Å². The number of fused-ring (bicyclic) bond motifs is 1. The van der Waals surface area contributed by atoms with Gasteiger partial charge in [-0.25, -0.2) is 4.98 Å². The molecule has 0 saturated heterocycles. The average molecular weight is 241 g/mol. The predicted octanol–water partition coefficient (Wildman–Crippen LogP) is 2.04. The molecule has 0 aliphatic carbocycles. The Labute approximate surface area is 97.2 Å². The van der Waals surface area contributed by atoms with Crippen LogP contribution in [0.4, 0.5) is 0 Å². The van der Waals surface area contributed by atoms with Gasteiger partial charge in [0.25, 0.3) is 0 Å². The van der Waals surface area contributed by atoms with Crippen LogP contribution in [0.25, 0.3) is 11.0 Å². The second-order valence-corrected chi connectivity index (χ2v) is 3.73. The van der Waals surface area contributed by atoms with Crippen LogP contribution in [-0.2, 0) is 0 Å². The van der Waals surface area contributed by atoms with Gasteiger partial charge in [0.2, 0.25) is 0 Å². The molecular weight excluding hydrogens is 232 g/mol. The summed E-state index contributed by atoms with van der Waals surface area (Å²) in [6.07, 6.45) is 1.62. The molecule has 15 heavy (non-hydrogen) atoms. The molecule has 3 N–H and O–H groups in total. The van der Waals surface area contributed by atoms with E-state index in [4.69, 9.17) is 11.1 Å². The third-order valence-electron chi connectivity index (χ3n) is 1.64. The van der Waals surface area contributed by atoms with Crippen molar-refractivity contribution in [2.24, 2.45) is 5.73 Å². The summed E-state index contributed by atoms with van der Waals surface area (Å²) >= 11 is 1.10. The maximum absolute atomic E-state index is 7.11. The third kappa shape index (κ3) is 2.81. The fraction of sp³-hybridized carbons (Fsp3) is 0. The number of para-hydroxylation sites is 2. The first-order valence-electron chi connectivity index (χ1n) is 3.99. The number of aromatic nitrogens is 2. The quantitative estimate of drug-likeness (QED) is 0.454. The second-order valence-electron chi connectivity index (χ2n) is 2.66.